The van der Waals surface area contributed by atoms with E-state index in [0.717, 1.165) is 6.20 Å². The Hall–Kier alpha value is -1.84. The zero-order chi connectivity index (χ0) is 8.97. The van der Waals surface area contributed by atoms with Crippen LogP contribution in [-0.4, -0.2) is 10.9 Å². The molecule has 0 spiro atoms. The van der Waals surface area contributed by atoms with Gasteiger partial charge in [0.2, 0.25) is 0 Å². The molecule has 0 saturated carbocycles. The van der Waals surface area contributed by atoms with Crippen LogP contribution in [0.1, 0.15) is 5.69 Å². The van der Waals surface area contributed by atoms with Crippen molar-refractivity contribution in [2.75, 3.05) is 0 Å². The van der Waals surface area contributed by atoms with Crippen LogP contribution < -0.4 is 11.5 Å². The average molecular weight is 163 g/mol. The second-order valence-corrected chi connectivity index (χ2v) is 2.16. The second-order valence-electron chi connectivity index (χ2n) is 2.16. The molecule has 4 heteroatoms. The van der Waals surface area contributed by atoms with Crippen molar-refractivity contribution in [2.45, 2.75) is 0 Å². The van der Waals surface area contributed by atoms with Crippen LogP contribution in [0.3, 0.4) is 0 Å². The number of primary amides is 1. The van der Waals surface area contributed by atoms with Gasteiger partial charge in [-0.05, 0) is 12.1 Å². The molecule has 1 heterocycles. The van der Waals surface area contributed by atoms with Crippen molar-refractivity contribution < 1.29 is 4.79 Å². The highest BCUT2D eigenvalue weighted by molar-refractivity contribution is 6.17. The summed E-state index contributed by atoms with van der Waals surface area (Å²) in [5, 5.41) is 0. The van der Waals surface area contributed by atoms with Gasteiger partial charge in [0.1, 0.15) is 0 Å². The molecule has 1 rings (SSSR count). The molecule has 1 aromatic rings. The van der Waals surface area contributed by atoms with Gasteiger partial charge in [0.25, 0.3) is 5.91 Å². The molecule has 0 saturated heterocycles. The molecule has 0 aromatic carbocycles. The zero-order valence-corrected chi connectivity index (χ0v) is 6.40. The fraction of sp³-hybridized carbons (Fsp3) is 0. The van der Waals surface area contributed by atoms with E-state index in [2.05, 4.69) is 4.98 Å². The summed E-state index contributed by atoms with van der Waals surface area (Å²) < 4.78 is 0. The van der Waals surface area contributed by atoms with Gasteiger partial charge in [-0.2, -0.15) is 0 Å². The minimum absolute atomic E-state index is 0.232. The lowest BCUT2D eigenvalue weighted by Gasteiger charge is -1.99. The first-order valence-electron chi connectivity index (χ1n) is 3.39. The predicted molar refractivity (Wildman–Crippen MR) is 45.6 cm³/mol. The monoisotopic (exact) mass is 163 g/mol. The molecular weight excluding hydrogens is 154 g/mol. The van der Waals surface area contributed by atoms with E-state index >= 15 is 0 Å². The van der Waals surface area contributed by atoms with E-state index in [1.54, 1.807) is 24.4 Å². The maximum absolute atomic E-state index is 10.8. The Morgan fingerprint density at radius 3 is 2.67 bits per heavy atom. The Labute approximate surface area is 69.9 Å². The average Bonchev–Trinajstić information content (AvgIpc) is 2.07. The lowest BCUT2D eigenvalue weighted by molar-refractivity contribution is -0.112. The summed E-state index contributed by atoms with van der Waals surface area (Å²) in [5.41, 5.74) is 11.0. The van der Waals surface area contributed by atoms with Crippen LogP contribution >= 0.6 is 0 Å². The number of carbonyl (C=O) groups is 1. The topological polar surface area (TPSA) is 82.0 Å². The third kappa shape index (κ3) is 1.60. The first-order valence-corrected chi connectivity index (χ1v) is 3.39. The van der Waals surface area contributed by atoms with Crippen LogP contribution in [-0.2, 0) is 4.79 Å². The molecular formula is C8H9N3O. The van der Waals surface area contributed by atoms with E-state index in [1.165, 1.54) is 0 Å². The molecule has 1 aromatic heterocycles. The number of aromatic nitrogens is 1. The molecule has 0 radical (unpaired) electrons. The largest absolute Gasteiger partial charge is 0.404 e. The van der Waals surface area contributed by atoms with Crippen molar-refractivity contribution in [1.82, 2.24) is 4.98 Å². The van der Waals surface area contributed by atoms with E-state index in [-0.39, 0.29) is 5.57 Å². The lowest BCUT2D eigenvalue weighted by Crippen LogP contribution is -2.14. The van der Waals surface area contributed by atoms with Crippen LogP contribution in [0.15, 0.2) is 30.6 Å². The van der Waals surface area contributed by atoms with Crippen molar-refractivity contribution in [3.8, 4) is 0 Å². The molecule has 4 nitrogen and oxygen atoms in total. The fourth-order valence-corrected chi connectivity index (χ4v) is 0.816. The summed E-state index contributed by atoms with van der Waals surface area (Å²) in [6.07, 6.45) is 2.73. The van der Waals surface area contributed by atoms with E-state index in [0.29, 0.717) is 5.69 Å². The van der Waals surface area contributed by atoms with E-state index in [1.807, 2.05) is 0 Å². The molecule has 0 unspecified atom stereocenters. The van der Waals surface area contributed by atoms with Gasteiger partial charge in [0.15, 0.2) is 0 Å². The molecule has 0 aliphatic rings. The van der Waals surface area contributed by atoms with Gasteiger partial charge >= 0.3 is 0 Å². The minimum Gasteiger partial charge on any atom is -0.404 e. The Balaban J connectivity index is 3.05. The van der Waals surface area contributed by atoms with E-state index < -0.39 is 5.91 Å². The third-order valence-corrected chi connectivity index (χ3v) is 1.37. The van der Waals surface area contributed by atoms with Crippen LogP contribution in [0, 0.1) is 0 Å². The molecule has 4 N–H and O–H groups in total. The number of hydrogen-bond donors (Lipinski definition) is 2. The fourth-order valence-electron chi connectivity index (χ4n) is 0.816. The smallest absolute Gasteiger partial charge is 0.252 e. The quantitative estimate of drug-likeness (QED) is 0.595. The van der Waals surface area contributed by atoms with Crippen LogP contribution in [0.4, 0.5) is 0 Å². The van der Waals surface area contributed by atoms with Crippen molar-refractivity contribution in [2.24, 2.45) is 11.5 Å². The first-order chi connectivity index (χ1) is 5.75. The van der Waals surface area contributed by atoms with E-state index in [9.17, 15) is 4.79 Å². The highest BCUT2D eigenvalue weighted by Crippen LogP contribution is 2.07. The summed E-state index contributed by atoms with van der Waals surface area (Å²) >= 11 is 0. The number of hydrogen-bond acceptors (Lipinski definition) is 3. The number of pyridine rings is 1. The van der Waals surface area contributed by atoms with Gasteiger partial charge in [0, 0.05) is 12.4 Å². The van der Waals surface area contributed by atoms with Crippen molar-refractivity contribution >= 4 is 11.5 Å². The molecule has 1 amide bonds. The second kappa shape index (κ2) is 3.52. The number of nitrogens with two attached hydrogens (primary N) is 2. The molecule has 0 aliphatic heterocycles. The highest BCUT2D eigenvalue weighted by Gasteiger charge is 2.06. The number of rotatable bonds is 2. The van der Waals surface area contributed by atoms with Gasteiger partial charge in [0.05, 0.1) is 11.3 Å². The van der Waals surface area contributed by atoms with Crippen molar-refractivity contribution in [3.63, 3.8) is 0 Å². The molecule has 0 atom stereocenters. The standard InChI is InChI=1S/C8H9N3O/c9-5-6(8(10)12)7-3-1-2-4-11-7/h1-5H,9H2,(H2,10,12)/b6-5+. The Morgan fingerprint density at radius 1 is 1.50 bits per heavy atom. The minimum atomic E-state index is -0.573. The molecule has 0 fully saturated rings. The maximum atomic E-state index is 10.8. The van der Waals surface area contributed by atoms with Gasteiger partial charge in [-0.15, -0.1) is 0 Å². The molecule has 62 valence electrons. The predicted octanol–water partition coefficient (Wildman–Crippen LogP) is -0.134. The summed E-state index contributed by atoms with van der Waals surface area (Å²) in [6, 6.07) is 5.18. The Kier molecular flexibility index (Phi) is 2.42. The summed E-state index contributed by atoms with van der Waals surface area (Å²) in [4.78, 5) is 14.7. The SMILES string of the molecule is N/C=C(/C(N)=O)c1ccccn1. The molecule has 0 bridgehead atoms. The normalized spacial score (nSPS) is 11.2. The van der Waals surface area contributed by atoms with Crippen molar-refractivity contribution in [3.05, 3.63) is 36.3 Å². The number of amides is 1. The third-order valence-electron chi connectivity index (χ3n) is 1.37. The number of nitrogens with zero attached hydrogens (tertiary/aromatic N) is 1. The van der Waals surface area contributed by atoms with Gasteiger partial charge in [-0.1, -0.05) is 6.07 Å². The Morgan fingerprint density at radius 2 is 2.25 bits per heavy atom. The van der Waals surface area contributed by atoms with Crippen molar-refractivity contribution in [1.29, 1.82) is 0 Å². The maximum Gasteiger partial charge on any atom is 0.252 e. The van der Waals surface area contributed by atoms with Gasteiger partial charge in [-0.25, -0.2) is 0 Å². The summed E-state index contributed by atoms with van der Waals surface area (Å²) in [5.74, 6) is -0.573. The van der Waals surface area contributed by atoms with Crippen LogP contribution in [0.2, 0.25) is 0 Å². The number of carbonyl (C=O) groups excluding carboxylic acids is 1. The van der Waals surface area contributed by atoms with E-state index in [4.69, 9.17) is 11.5 Å². The van der Waals surface area contributed by atoms with Crippen LogP contribution in [0.25, 0.3) is 5.57 Å². The highest BCUT2D eigenvalue weighted by atomic mass is 16.1. The van der Waals surface area contributed by atoms with Gasteiger partial charge < -0.3 is 11.5 Å². The van der Waals surface area contributed by atoms with Gasteiger partial charge in [-0.3, -0.25) is 9.78 Å². The summed E-state index contributed by atoms with van der Waals surface area (Å²) in [6.45, 7) is 0. The zero-order valence-electron chi connectivity index (χ0n) is 6.40. The lowest BCUT2D eigenvalue weighted by atomic mass is 10.2. The molecule has 0 aliphatic carbocycles. The Bertz CT molecular complexity index is 305. The first kappa shape index (κ1) is 8.26. The summed E-state index contributed by atoms with van der Waals surface area (Å²) in [7, 11) is 0. The van der Waals surface area contributed by atoms with Crippen LogP contribution in [0.5, 0.6) is 0 Å². The molecule has 12 heavy (non-hydrogen) atoms.